The van der Waals surface area contributed by atoms with Gasteiger partial charge in [0.2, 0.25) is 15.9 Å². The second-order valence-electron chi connectivity index (χ2n) is 7.32. The second-order valence-corrected chi connectivity index (χ2v) is 9.25. The first-order valence-electron chi connectivity index (χ1n) is 10.4. The van der Waals surface area contributed by atoms with Crippen LogP contribution >= 0.6 is 0 Å². The predicted octanol–water partition coefficient (Wildman–Crippen LogP) is 3.01. The fourth-order valence-electron chi connectivity index (χ4n) is 3.34. The molecule has 2 aromatic heterocycles. The van der Waals surface area contributed by atoms with Crippen molar-refractivity contribution in [3.63, 3.8) is 0 Å². The molecule has 1 amide bonds. The van der Waals surface area contributed by atoms with E-state index in [0.717, 1.165) is 10.1 Å². The van der Waals surface area contributed by atoms with Crippen molar-refractivity contribution < 1.29 is 17.6 Å². The minimum atomic E-state index is -3.76. The lowest BCUT2D eigenvalue weighted by molar-refractivity contribution is -0.119. The topological polar surface area (TPSA) is 92.8 Å². The quantitative estimate of drug-likeness (QED) is 0.492. The summed E-state index contributed by atoms with van der Waals surface area (Å²) in [7, 11) is -3.76. The average molecular weight is 458 g/mol. The van der Waals surface area contributed by atoms with Gasteiger partial charge in [-0.15, -0.1) is 0 Å². The lowest BCUT2D eigenvalue weighted by Crippen LogP contribution is -2.37. The number of furan rings is 1. The first kappa shape index (κ1) is 23.5. The van der Waals surface area contributed by atoms with Gasteiger partial charge >= 0.3 is 0 Å². The largest absolute Gasteiger partial charge is 0.467 e. The summed E-state index contributed by atoms with van der Waals surface area (Å²) >= 11 is 0. The van der Waals surface area contributed by atoms with Gasteiger partial charge in [0.15, 0.2) is 0 Å². The summed E-state index contributed by atoms with van der Waals surface area (Å²) in [5.41, 5.74) is 1.24. The number of aryl methyl sites for hydroxylation is 1. The molecule has 0 radical (unpaired) electrons. The van der Waals surface area contributed by atoms with E-state index in [9.17, 15) is 18.0 Å². The number of rotatable bonds is 9. The summed E-state index contributed by atoms with van der Waals surface area (Å²) in [5.74, 6) is 0.217. The number of carbonyl (C=O) groups is 1. The van der Waals surface area contributed by atoms with Crippen molar-refractivity contribution in [1.82, 2.24) is 8.87 Å². The Balaban J connectivity index is 1.93. The van der Waals surface area contributed by atoms with Crippen molar-refractivity contribution in [3.8, 4) is 0 Å². The molecular weight excluding hydrogens is 430 g/mol. The molecule has 1 aromatic carbocycles. The lowest BCUT2D eigenvalue weighted by Gasteiger charge is -2.23. The Morgan fingerprint density at radius 1 is 1.03 bits per heavy atom. The third-order valence-corrected chi connectivity index (χ3v) is 7.18. The lowest BCUT2D eigenvalue weighted by atomic mass is 10.2. The molecule has 2 heterocycles. The molecule has 3 aromatic rings. The highest BCUT2D eigenvalue weighted by molar-refractivity contribution is 7.89. The highest BCUT2D eigenvalue weighted by Gasteiger charge is 2.24. The van der Waals surface area contributed by atoms with E-state index < -0.39 is 15.6 Å². The summed E-state index contributed by atoms with van der Waals surface area (Å²) in [6.07, 6.45) is 2.76. The fourth-order valence-corrected chi connectivity index (χ4v) is 4.81. The molecule has 0 atom stereocenters. The van der Waals surface area contributed by atoms with E-state index in [2.05, 4.69) is 0 Å². The van der Waals surface area contributed by atoms with Crippen LogP contribution in [-0.2, 0) is 27.9 Å². The van der Waals surface area contributed by atoms with Crippen LogP contribution in [0.5, 0.6) is 0 Å². The normalized spacial score (nSPS) is 11.6. The molecule has 0 aliphatic carbocycles. The third-order valence-electron chi connectivity index (χ3n) is 5.15. The Kier molecular flexibility index (Phi) is 7.32. The number of sulfonamides is 1. The summed E-state index contributed by atoms with van der Waals surface area (Å²) in [6.45, 7) is 5.92. The molecule has 170 valence electrons. The number of nitrogens with zero attached hydrogens (tertiary/aromatic N) is 3. The molecule has 32 heavy (non-hydrogen) atoms. The van der Waals surface area contributed by atoms with Crippen LogP contribution in [0.3, 0.4) is 0 Å². The second kappa shape index (κ2) is 9.97. The molecule has 8 nitrogen and oxygen atoms in total. The molecule has 9 heteroatoms. The molecule has 0 saturated heterocycles. The molecule has 0 N–H and O–H groups in total. The first-order valence-corrected chi connectivity index (χ1v) is 11.8. The minimum Gasteiger partial charge on any atom is -0.467 e. The maximum atomic E-state index is 13.2. The maximum absolute atomic E-state index is 13.2. The molecule has 0 fully saturated rings. The van der Waals surface area contributed by atoms with Crippen LogP contribution in [0.2, 0.25) is 0 Å². The Labute approximate surface area is 187 Å². The number of aromatic nitrogens is 1. The van der Waals surface area contributed by atoms with Crippen LogP contribution in [0.1, 0.15) is 25.2 Å². The van der Waals surface area contributed by atoms with E-state index in [1.165, 1.54) is 33.8 Å². The van der Waals surface area contributed by atoms with Crippen LogP contribution in [-0.4, -0.2) is 36.3 Å². The monoisotopic (exact) mass is 457 g/mol. The Hall–Kier alpha value is -3.17. The van der Waals surface area contributed by atoms with Crippen molar-refractivity contribution in [2.24, 2.45) is 0 Å². The van der Waals surface area contributed by atoms with Gasteiger partial charge in [0, 0.05) is 31.0 Å². The third kappa shape index (κ3) is 5.17. The molecule has 0 unspecified atom stereocenters. The van der Waals surface area contributed by atoms with Crippen molar-refractivity contribution in [1.29, 1.82) is 0 Å². The van der Waals surface area contributed by atoms with Gasteiger partial charge in [-0.2, -0.15) is 4.31 Å². The van der Waals surface area contributed by atoms with Crippen LogP contribution in [0.25, 0.3) is 0 Å². The Bertz CT molecular complexity index is 1210. The zero-order valence-electron chi connectivity index (χ0n) is 18.4. The minimum absolute atomic E-state index is 0.0264. The summed E-state index contributed by atoms with van der Waals surface area (Å²) in [4.78, 5) is 27.2. The summed E-state index contributed by atoms with van der Waals surface area (Å²) in [6, 6.07) is 13.4. The van der Waals surface area contributed by atoms with Crippen molar-refractivity contribution in [2.45, 2.75) is 38.8 Å². The van der Waals surface area contributed by atoms with Gasteiger partial charge in [0.25, 0.3) is 5.56 Å². The van der Waals surface area contributed by atoms with Crippen LogP contribution in [0.15, 0.2) is 75.1 Å². The number of carbonyl (C=O) groups excluding carboxylic acids is 1. The van der Waals surface area contributed by atoms with Crippen molar-refractivity contribution in [3.05, 3.63) is 82.7 Å². The zero-order valence-corrected chi connectivity index (χ0v) is 19.2. The van der Waals surface area contributed by atoms with Gasteiger partial charge < -0.3 is 13.9 Å². The molecule has 0 aliphatic heterocycles. The van der Waals surface area contributed by atoms with Crippen molar-refractivity contribution in [2.75, 3.05) is 18.0 Å². The predicted molar refractivity (Wildman–Crippen MR) is 122 cm³/mol. The van der Waals surface area contributed by atoms with E-state index in [-0.39, 0.29) is 23.9 Å². The Morgan fingerprint density at radius 3 is 2.31 bits per heavy atom. The van der Waals surface area contributed by atoms with Gasteiger partial charge in [-0.05, 0) is 37.3 Å². The maximum Gasteiger partial charge on any atom is 0.251 e. The van der Waals surface area contributed by atoms with E-state index in [4.69, 9.17) is 4.42 Å². The van der Waals surface area contributed by atoms with E-state index in [0.29, 0.717) is 24.5 Å². The molecular formula is C23H27N3O5S. The first-order chi connectivity index (χ1) is 15.3. The molecule has 0 saturated carbocycles. The zero-order chi connectivity index (χ0) is 23.3. The molecule has 0 bridgehead atoms. The molecule has 0 aliphatic rings. The highest BCUT2D eigenvalue weighted by Crippen LogP contribution is 2.20. The average Bonchev–Trinajstić information content (AvgIpc) is 3.28. The summed E-state index contributed by atoms with van der Waals surface area (Å²) in [5, 5.41) is 0. The van der Waals surface area contributed by atoms with Crippen LogP contribution < -0.4 is 10.5 Å². The number of anilines is 1. The Morgan fingerprint density at radius 2 is 1.72 bits per heavy atom. The number of hydrogen-bond donors (Lipinski definition) is 0. The van der Waals surface area contributed by atoms with Gasteiger partial charge in [0.1, 0.15) is 12.3 Å². The van der Waals surface area contributed by atoms with Gasteiger partial charge in [-0.3, -0.25) is 9.59 Å². The molecule has 3 rings (SSSR count). The smallest absolute Gasteiger partial charge is 0.251 e. The van der Waals surface area contributed by atoms with Crippen LogP contribution in [0, 0.1) is 6.92 Å². The molecule has 0 spiro atoms. The highest BCUT2D eigenvalue weighted by atomic mass is 32.2. The van der Waals surface area contributed by atoms with Gasteiger partial charge in [-0.25, -0.2) is 8.42 Å². The van der Waals surface area contributed by atoms with E-state index in [1.54, 1.807) is 26.0 Å². The van der Waals surface area contributed by atoms with E-state index in [1.807, 2.05) is 31.2 Å². The standard InChI is InChI=1S/C23H27N3O5S/c1-4-25(5-2)32(29,30)21-12-13-22(27)24(16-21)17-23(28)26(15-20-7-6-14-31-20)19-10-8-18(3)9-11-19/h6-14,16H,4-5,15,17H2,1-3H3. The van der Waals surface area contributed by atoms with Crippen LogP contribution in [0.4, 0.5) is 5.69 Å². The number of hydrogen-bond acceptors (Lipinski definition) is 5. The van der Waals surface area contributed by atoms with Crippen molar-refractivity contribution >= 4 is 21.6 Å². The van der Waals surface area contributed by atoms with E-state index >= 15 is 0 Å². The number of pyridine rings is 1. The number of benzene rings is 1. The number of amides is 1. The SMILES string of the molecule is CCN(CC)S(=O)(=O)c1ccc(=O)n(CC(=O)N(Cc2ccco2)c2ccc(C)cc2)c1. The summed E-state index contributed by atoms with van der Waals surface area (Å²) < 4.78 is 33.5. The van der Waals surface area contributed by atoms with Gasteiger partial charge in [0.05, 0.1) is 17.7 Å². The fraction of sp³-hybridized carbons (Fsp3) is 0.304. The van der Waals surface area contributed by atoms with Gasteiger partial charge in [-0.1, -0.05) is 31.5 Å².